The Labute approximate surface area is 263 Å². The van der Waals surface area contributed by atoms with E-state index in [-0.39, 0.29) is 24.5 Å². The number of carbonyl (C=O) groups is 6. The van der Waals surface area contributed by atoms with Gasteiger partial charge in [0.25, 0.3) is 0 Å². The van der Waals surface area contributed by atoms with Crippen LogP contribution in [0.1, 0.15) is 63.5 Å². The highest BCUT2D eigenvalue weighted by Crippen LogP contribution is 2.47. The van der Waals surface area contributed by atoms with Crippen molar-refractivity contribution in [1.29, 1.82) is 0 Å². The lowest BCUT2D eigenvalue weighted by Crippen LogP contribution is -2.50. The van der Waals surface area contributed by atoms with Crippen molar-refractivity contribution < 1.29 is 72.5 Å². The number of aliphatic carboxylic acids is 2. The predicted octanol–water partition coefficient (Wildman–Crippen LogP) is 1.63. The van der Waals surface area contributed by atoms with Crippen molar-refractivity contribution in [3.63, 3.8) is 0 Å². The van der Waals surface area contributed by atoms with E-state index in [4.69, 9.17) is 33.5 Å². The van der Waals surface area contributed by atoms with Crippen LogP contribution >= 0.6 is 0 Å². The van der Waals surface area contributed by atoms with E-state index in [1.807, 2.05) is 6.07 Å². The van der Waals surface area contributed by atoms with Crippen LogP contribution in [0.25, 0.3) is 0 Å². The van der Waals surface area contributed by atoms with Gasteiger partial charge in [0.05, 0.1) is 19.1 Å². The third kappa shape index (κ3) is 7.76. The quantitative estimate of drug-likeness (QED) is 0.229. The molecule has 0 unspecified atom stereocenters. The maximum Gasteiger partial charge on any atom is 0.357 e. The molecular weight excluding hydrogens is 612 g/mol. The molecule has 3 N–H and O–H groups in total. The largest absolute Gasteiger partial charge is 0.493 e. The number of hydrogen-bond acceptors (Lipinski definition) is 13. The molecule has 1 aliphatic heterocycles. The molecule has 6 bridgehead atoms. The molecule has 0 saturated heterocycles. The van der Waals surface area contributed by atoms with E-state index in [1.165, 1.54) is 13.2 Å². The number of hydrogen-bond donors (Lipinski definition) is 3. The average Bonchev–Trinajstić information content (AvgIpc) is 2.96. The molecule has 4 rings (SSSR count). The fourth-order valence-electron chi connectivity index (χ4n) is 6.06. The SMILES string of the molecule is COc1ccc2c3c1O[C@@H]1C[C@@](O)(CC=C1OC(=O)[C@H](OC(C)=O)[C@@H](OC(C)=O)C(=O)O[C@@H](CC(=O)O)C(=O)O)[C@H](CCCC3)C2. The summed E-state index contributed by atoms with van der Waals surface area (Å²) in [6.07, 6.45) is -3.74. The van der Waals surface area contributed by atoms with E-state index in [2.05, 4.69) is 0 Å². The second-order valence-electron chi connectivity index (χ2n) is 11.4. The van der Waals surface area contributed by atoms with Gasteiger partial charge in [-0.05, 0) is 55.7 Å². The Balaban J connectivity index is 1.68. The molecular formula is C31H36O15. The number of benzene rings is 1. The first-order chi connectivity index (χ1) is 21.7. The van der Waals surface area contributed by atoms with Gasteiger partial charge >= 0.3 is 35.8 Å². The summed E-state index contributed by atoms with van der Waals surface area (Å²) in [5.74, 6) is -8.16. The number of ether oxygens (including phenoxy) is 6. The summed E-state index contributed by atoms with van der Waals surface area (Å²) in [7, 11) is 1.48. The Hall–Kier alpha value is -4.66. The number of carboxylic acid groups (broad SMARTS) is 2. The van der Waals surface area contributed by atoms with Crippen LogP contribution in [0, 0.1) is 5.92 Å². The minimum absolute atomic E-state index is 0.0148. The van der Waals surface area contributed by atoms with Crippen molar-refractivity contribution in [3.8, 4) is 11.5 Å². The number of fused-ring (bicyclic) bond motifs is 4. The molecule has 1 heterocycles. The van der Waals surface area contributed by atoms with Gasteiger partial charge in [-0.1, -0.05) is 12.5 Å². The van der Waals surface area contributed by atoms with Crippen molar-refractivity contribution >= 4 is 35.8 Å². The van der Waals surface area contributed by atoms with Gasteiger partial charge in [-0.25, -0.2) is 14.4 Å². The standard InChI is InChI=1S/C31H36O15/c1-15(32)42-26(27(43-16(2)33)30(39)46-22(28(36)37)13-24(34)35)29(38)45-20-10-11-31(40)14-23(20)44-25-19-7-5-4-6-18(31)12-17(19)8-9-21(25)41-3/h8-10,18,22-23,26-27,40H,4-7,11-14H2,1-3H3,(H,34,35)(H,36,37)/t18-,22+,23-,26-,27-,31+/m1/s1. The van der Waals surface area contributed by atoms with E-state index in [1.54, 1.807) is 6.07 Å². The normalized spacial score (nSPS) is 23.5. The molecule has 15 nitrogen and oxygen atoms in total. The topological polar surface area (TPSA) is 218 Å². The summed E-state index contributed by atoms with van der Waals surface area (Å²) in [6.45, 7) is 1.75. The molecule has 0 saturated carbocycles. The van der Waals surface area contributed by atoms with Crippen LogP contribution in [-0.4, -0.2) is 88.3 Å². The zero-order valence-corrected chi connectivity index (χ0v) is 25.5. The van der Waals surface area contributed by atoms with E-state index < -0.39 is 72.3 Å². The fourth-order valence-corrected chi connectivity index (χ4v) is 6.06. The number of carboxylic acids is 2. The van der Waals surface area contributed by atoms with E-state index in [0.717, 1.165) is 44.2 Å². The summed E-state index contributed by atoms with van der Waals surface area (Å²) >= 11 is 0. The molecule has 0 radical (unpaired) electrons. The molecule has 6 atom stereocenters. The highest BCUT2D eigenvalue weighted by atomic mass is 16.6. The molecule has 0 amide bonds. The number of carbonyl (C=O) groups excluding carboxylic acids is 4. The number of aliphatic hydroxyl groups is 1. The zero-order valence-electron chi connectivity index (χ0n) is 25.5. The van der Waals surface area contributed by atoms with Crippen molar-refractivity contribution in [2.24, 2.45) is 5.92 Å². The molecule has 3 aliphatic rings. The average molecular weight is 649 g/mol. The molecule has 1 aromatic rings. The minimum Gasteiger partial charge on any atom is -0.493 e. The Bertz CT molecular complexity index is 1430. The highest BCUT2D eigenvalue weighted by Gasteiger charge is 2.48. The molecule has 0 spiro atoms. The van der Waals surface area contributed by atoms with Crippen LogP contribution < -0.4 is 9.47 Å². The van der Waals surface area contributed by atoms with Gasteiger partial charge in [0.1, 0.15) is 5.76 Å². The van der Waals surface area contributed by atoms with Crippen molar-refractivity contribution in [2.75, 3.05) is 7.11 Å². The summed E-state index contributed by atoms with van der Waals surface area (Å²) in [4.78, 5) is 73.1. The maximum absolute atomic E-state index is 13.6. The lowest BCUT2D eigenvalue weighted by Gasteiger charge is -2.41. The van der Waals surface area contributed by atoms with Crippen LogP contribution in [0.4, 0.5) is 0 Å². The molecule has 46 heavy (non-hydrogen) atoms. The van der Waals surface area contributed by atoms with Gasteiger partial charge < -0.3 is 43.7 Å². The van der Waals surface area contributed by atoms with Gasteiger partial charge in [0.2, 0.25) is 18.3 Å². The lowest BCUT2D eigenvalue weighted by molar-refractivity contribution is -0.194. The monoisotopic (exact) mass is 648 g/mol. The van der Waals surface area contributed by atoms with Crippen molar-refractivity contribution in [3.05, 3.63) is 35.1 Å². The fraction of sp³-hybridized carbons (Fsp3) is 0.548. The zero-order chi connectivity index (χ0) is 33.8. The van der Waals surface area contributed by atoms with Gasteiger partial charge in [-0.3, -0.25) is 14.4 Å². The molecule has 1 aromatic carbocycles. The first kappa shape index (κ1) is 34.2. The van der Waals surface area contributed by atoms with E-state index in [9.17, 15) is 39.0 Å². The predicted molar refractivity (Wildman–Crippen MR) is 151 cm³/mol. The van der Waals surface area contributed by atoms with Crippen LogP contribution in [0.3, 0.4) is 0 Å². The summed E-state index contributed by atoms with van der Waals surface area (Å²) in [6, 6.07) is 3.72. The van der Waals surface area contributed by atoms with E-state index in [0.29, 0.717) is 24.3 Å². The maximum atomic E-state index is 13.6. The highest BCUT2D eigenvalue weighted by molar-refractivity contribution is 5.91. The first-order valence-electron chi connectivity index (χ1n) is 14.7. The van der Waals surface area contributed by atoms with Gasteiger partial charge in [-0.15, -0.1) is 0 Å². The summed E-state index contributed by atoms with van der Waals surface area (Å²) in [5.41, 5.74) is 0.695. The Morgan fingerprint density at radius 2 is 1.65 bits per heavy atom. The van der Waals surface area contributed by atoms with E-state index >= 15 is 0 Å². The molecule has 0 fully saturated rings. The van der Waals surface area contributed by atoms with Crippen LogP contribution in [0.5, 0.6) is 11.5 Å². The van der Waals surface area contributed by atoms with Gasteiger partial charge in [0.15, 0.2) is 17.6 Å². The third-order valence-corrected chi connectivity index (χ3v) is 8.21. The molecule has 0 aromatic heterocycles. The summed E-state index contributed by atoms with van der Waals surface area (Å²) < 4.78 is 32.3. The van der Waals surface area contributed by atoms with Crippen LogP contribution in [0.2, 0.25) is 0 Å². The smallest absolute Gasteiger partial charge is 0.357 e. The second kappa shape index (κ2) is 14.2. The molecule has 15 heteroatoms. The van der Waals surface area contributed by atoms with Crippen molar-refractivity contribution in [2.45, 2.75) is 95.2 Å². The Kier molecular flexibility index (Phi) is 10.6. The van der Waals surface area contributed by atoms with Crippen molar-refractivity contribution in [1.82, 2.24) is 0 Å². The molecule has 250 valence electrons. The first-order valence-corrected chi connectivity index (χ1v) is 14.7. The van der Waals surface area contributed by atoms with Gasteiger partial charge in [0, 0.05) is 25.8 Å². The van der Waals surface area contributed by atoms with Crippen LogP contribution in [0.15, 0.2) is 24.0 Å². The Morgan fingerprint density at radius 1 is 0.978 bits per heavy atom. The second-order valence-corrected chi connectivity index (χ2v) is 11.4. The third-order valence-electron chi connectivity index (χ3n) is 8.21. The Morgan fingerprint density at radius 3 is 2.26 bits per heavy atom. The summed E-state index contributed by atoms with van der Waals surface area (Å²) in [5, 5.41) is 30.2. The number of rotatable bonds is 11. The number of esters is 4. The minimum atomic E-state index is -2.37. The number of methoxy groups -OCH3 is 1. The van der Waals surface area contributed by atoms with Gasteiger partial charge in [-0.2, -0.15) is 0 Å². The van der Waals surface area contributed by atoms with Crippen LogP contribution in [-0.2, 0) is 60.6 Å². The molecule has 2 aliphatic carbocycles. The lowest BCUT2D eigenvalue weighted by atomic mass is 9.71.